The number of nitro groups is 1. The van der Waals surface area contributed by atoms with Gasteiger partial charge in [-0.3, -0.25) is 19.8 Å². The van der Waals surface area contributed by atoms with Crippen LogP contribution in [0.15, 0.2) is 61.2 Å². The molecule has 8 nitrogen and oxygen atoms in total. The number of thiophene rings is 1. The largest absolute Gasteiger partial charge is 0.337 e. The number of aryl methyl sites for hydroxylation is 1. The van der Waals surface area contributed by atoms with Crippen molar-refractivity contribution in [2.75, 3.05) is 11.4 Å². The topological polar surface area (TPSA) is 94.2 Å². The van der Waals surface area contributed by atoms with Gasteiger partial charge in [-0.15, -0.1) is 11.3 Å². The molecule has 0 radical (unpaired) electrons. The molecule has 5 aromatic rings. The smallest absolute Gasteiger partial charge is 0.270 e. The summed E-state index contributed by atoms with van der Waals surface area (Å²) >= 11 is 2.53. The predicted octanol–water partition coefficient (Wildman–Crippen LogP) is 5.49. The molecule has 0 spiro atoms. The Kier molecular flexibility index (Phi) is 5.56. The monoisotopic (exact) mass is 481 g/mol. The Labute approximate surface area is 194 Å². The molecule has 1 amide bonds. The van der Waals surface area contributed by atoms with Gasteiger partial charge < -0.3 is 4.57 Å². The number of amides is 1. The summed E-state index contributed by atoms with van der Waals surface area (Å²) in [5, 5.41) is 12.2. The fourth-order valence-corrected chi connectivity index (χ4v) is 5.51. The van der Waals surface area contributed by atoms with Crippen LogP contribution in [0.5, 0.6) is 0 Å². The third-order valence-corrected chi connectivity index (χ3v) is 7.24. The van der Waals surface area contributed by atoms with Gasteiger partial charge in [-0.1, -0.05) is 11.3 Å². The SMILES string of the molecule is O=C(c1cc2cc([N+](=O)[O-])ccc2s1)N(CCCn1ccnc1)c1nc2ccc(F)cc2s1. The Hall–Kier alpha value is -3.70. The molecule has 0 N–H and O–H groups in total. The minimum Gasteiger partial charge on any atom is -0.337 e. The number of thiazole rings is 1. The number of carbonyl (C=O) groups excluding carboxylic acids is 1. The van der Waals surface area contributed by atoms with Crippen molar-refractivity contribution in [3.63, 3.8) is 0 Å². The highest BCUT2D eigenvalue weighted by Crippen LogP contribution is 2.34. The van der Waals surface area contributed by atoms with Crippen LogP contribution < -0.4 is 4.90 Å². The quantitative estimate of drug-likeness (QED) is 0.226. The third-order valence-electron chi connectivity index (χ3n) is 5.09. The van der Waals surface area contributed by atoms with Crippen molar-refractivity contribution in [1.82, 2.24) is 14.5 Å². The van der Waals surface area contributed by atoms with Gasteiger partial charge in [0.15, 0.2) is 5.13 Å². The number of anilines is 1. The van der Waals surface area contributed by atoms with E-state index >= 15 is 0 Å². The molecule has 0 aliphatic carbocycles. The number of hydrogen-bond acceptors (Lipinski definition) is 7. The molecule has 0 unspecified atom stereocenters. The standard InChI is InChI=1S/C22H16FN5O3S2/c23-15-2-4-17-19(12-15)33-22(25-17)27(8-1-7-26-9-6-24-13-26)21(29)20-11-14-10-16(28(30)31)3-5-18(14)32-20/h2-6,9-13H,1,7-8H2. The van der Waals surface area contributed by atoms with Gasteiger partial charge in [0, 0.05) is 47.7 Å². The summed E-state index contributed by atoms with van der Waals surface area (Å²) < 4.78 is 17.0. The summed E-state index contributed by atoms with van der Waals surface area (Å²) in [7, 11) is 0. The molecular weight excluding hydrogens is 465 g/mol. The number of hydrogen-bond donors (Lipinski definition) is 0. The molecule has 3 aromatic heterocycles. The molecule has 0 saturated heterocycles. The van der Waals surface area contributed by atoms with Crippen molar-refractivity contribution in [1.29, 1.82) is 0 Å². The number of nitrogens with zero attached hydrogens (tertiary/aromatic N) is 5. The number of aromatic nitrogens is 3. The molecule has 0 bridgehead atoms. The van der Waals surface area contributed by atoms with Gasteiger partial charge >= 0.3 is 0 Å². The molecule has 33 heavy (non-hydrogen) atoms. The van der Waals surface area contributed by atoms with Crippen LogP contribution in [0, 0.1) is 15.9 Å². The van der Waals surface area contributed by atoms with Crippen LogP contribution >= 0.6 is 22.7 Å². The van der Waals surface area contributed by atoms with Gasteiger partial charge in [-0.25, -0.2) is 14.4 Å². The summed E-state index contributed by atoms with van der Waals surface area (Å²) in [4.78, 5) is 34.8. The van der Waals surface area contributed by atoms with Crippen LogP contribution in [0.1, 0.15) is 16.1 Å². The summed E-state index contributed by atoms with van der Waals surface area (Å²) in [5.41, 5.74) is 0.598. The maximum absolute atomic E-state index is 13.7. The summed E-state index contributed by atoms with van der Waals surface area (Å²) in [6.07, 6.45) is 5.92. The molecule has 11 heteroatoms. The molecule has 3 heterocycles. The van der Waals surface area contributed by atoms with Crippen LogP contribution in [0.2, 0.25) is 0 Å². The summed E-state index contributed by atoms with van der Waals surface area (Å²) in [5.74, 6) is -0.606. The Bertz CT molecular complexity index is 1480. The van der Waals surface area contributed by atoms with E-state index in [9.17, 15) is 19.3 Å². The second-order valence-corrected chi connectivity index (χ2v) is 9.40. The first-order valence-corrected chi connectivity index (χ1v) is 11.6. The first-order chi connectivity index (χ1) is 16.0. The average molecular weight is 482 g/mol. The van der Waals surface area contributed by atoms with E-state index in [1.165, 1.54) is 46.9 Å². The molecule has 2 aromatic carbocycles. The number of rotatable bonds is 7. The fraction of sp³-hybridized carbons (Fsp3) is 0.136. The Morgan fingerprint density at radius 1 is 1.15 bits per heavy atom. The number of imidazole rings is 1. The minimum absolute atomic E-state index is 0.0234. The molecule has 0 aliphatic rings. The lowest BCUT2D eigenvalue weighted by molar-refractivity contribution is -0.384. The minimum atomic E-state index is -0.457. The van der Waals surface area contributed by atoms with Crippen molar-refractivity contribution in [3.8, 4) is 0 Å². The van der Waals surface area contributed by atoms with E-state index in [4.69, 9.17) is 0 Å². The molecule has 0 fully saturated rings. The Morgan fingerprint density at radius 3 is 2.82 bits per heavy atom. The van der Waals surface area contributed by atoms with E-state index < -0.39 is 4.92 Å². The van der Waals surface area contributed by atoms with Gasteiger partial charge in [-0.2, -0.15) is 0 Å². The van der Waals surface area contributed by atoms with Gasteiger partial charge in [0.1, 0.15) is 5.82 Å². The zero-order chi connectivity index (χ0) is 22.9. The van der Waals surface area contributed by atoms with Crippen molar-refractivity contribution >= 4 is 59.7 Å². The van der Waals surface area contributed by atoms with Crippen molar-refractivity contribution in [3.05, 3.63) is 82.0 Å². The highest BCUT2D eigenvalue weighted by Gasteiger charge is 2.23. The van der Waals surface area contributed by atoms with E-state index in [0.29, 0.717) is 45.1 Å². The zero-order valence-corrected chi connectivity index (χ0v) is 18.7. The number of nitro benzene ring substituents is 1. The van der Waals surface area contributed by atoms with Gasteiger partial charge in [0.25, 0.3) is 11.6 Å². The number of non-ortho nitro benzene ring substituents is 1. The maximum Gasteiger partial charge on any atom is 0.270 e. The number of carbonyl (C=O) groups is 1. The van der Waals surface area contributed by atoms with Crippen LogP contribution in [-0.4, -0.2) is 31.9 Å². The predicted molar refractivity (Wildman–Crippen MR) is 127 cm³/mol. The normalized spacial score (nSPS) is 11.3. The fourth-order valence-electron chi connectivity index (χ4n) is 3.50. The lowest BCUT2D eigenvalue weighted by atomic mass is 10.2. The number of halogens is 1. The second-order valence-electron chi connectivity index (χ2n) is 7.31. The van der Waals surface area contributed by atoms with Crippen LogP contribution in [-0.2, 0) is 6.54 Å². The molecule has 0 atom stereocenters. The third kappa shape index (κ3) is 4.32. The first-order valence-electron chi connectivity index (χ1n) is 9.99. The summed E-state index contributed by atoms with van der Waals surface area (Å²) in [6, 6.07) is 10.6. The van der Waals surface area contributed by atoms with Gasteiger partial charge in [0.05, 0.1) is 26.3 Å². The molecule has 5 rings (SSSR count). The van der Waals surface area contributed by atoms with E-state index in [-0.39, 0.29) is 17.4 Å². The average Bonchev–Trinajstić information content (AvgIpc) is 3.54. The number of fused-ring (bicyclic) bond motifs is 2. The highest BCUT2D eigenvalue weighted by atomic mass is 32.1. The zero-order valence-electron chi connectivity index (χ0n) is 17.1. The van der Waals surface area contributed by atoms with Crippen LogP contribution in [0.3, 0.4) is 0 Å². The second kappa shape index (κ2) is 8.68. The molecule has 0 saturated carbocycles. The van der Waals surface area contributed by atoms with Gasteiger partial charge in [0.2, 0.25) is 0 Å². The van der Waals surface area contributed by atoms with Gasteiger partial charge in [-0.05, 0) is 36.8 Å². The van der Waals surface area contributed by atoms with E-state index in [2.05, 4.69) is 9.97 Å². The van der Waals surface area contributed by atoms with E-state index in [1.54, 1.807) is 35.6 Å². The summed E-state index contributed by atoms with van der Waals surface area (Å²) in [6.45, 7) is 1.07. The van der Waals surface area contributed by atoms with Crippen molar-refractivity contribution < 1.29 is 14.1 Å². The van der Waals surface area contributed by atoms with Crippen LogP contribution in [0.25, 0.3) is 20.3 Å². The Balaban J connectivity index is 1.48. The Morgan fingerprint density at radius 2 is 2.03 bits per heavy atom. The first kappa shape index (κ1) is 21.2. The van der Waals surface area contributed by atoms with E-state index in [0.717, 1.165) is 4.70 Å². The number of benzene rings is 2. The van der Waals surface area contributed by atoms with Crippen LogP contribution in [0.4, 0.5) is 15.2 Å². The molecular formula is C22H16FN5O3S2. The maximum atomic E-state index is 13.7. The van der Waals surface area contributed by atoms with Crippen molar-refractivity contribution in [2.45, 2.75) is 13.0 Å². The lowest BCUT2D eigenvalue weighted by Gasteiger charge is -2.19. The van der Waals surface area contributed by atoms with Crippen molar-refractivity contribution in [2.24, 2.45) is 0 Å². The van der Waals surface area contributed by atoms with E-state index in [1.807, 2.05) is 10.8 Å². The highest BCUT2D eigenvalue weighted by molar-refractivity contribution is 7.23. The lowest BCUT2D eigenvalue weighted by Crippen LogP contribution is -2.31. The molecule has 166 valence electrons. The molecule has 0 aliphatic heterocycles.